The molecule has 7 heteroatoms. The third kappa shape index (κ3) is 3.57. The Morgan fingerprint density at radius 3 is 2.58 bits per heavy atom. The number of amidine groups is 1. The monoisotopic (exact) mass is 273 g/mol. The summed E-state index contributed by atoms with van der Waals surface area (Å²) in [5, 5.41) is 14.7. The van der Waals surface area contributed by atoms with Gasteiger partial charge in [-0.25, -0.2) is 0 Å². The highest BCUT2D eigenvalue weighted by atomic mass is 16.5. The molecule has 0 spiro atoms. The van der Waals surface area contributed by atoms with Gasteiger partial charge >= 0.3 is 0 Å². The third-order valence-corrected chi connectivity index (χ3v) is 3.61. The minimum atomic E-state index is -0.989. The summed E-state index contributed by atoms with van der Waals surface area (Å²) in [4.78, 5) is 12.4. The van der Waals surface area contributed by atoms with Crippen LogP contribution in [0.4, 0.5) is 0 Å². The van der Waals surface area contributed by atoms with Gasteiger partial charge in [0.2, 0.25) is 5.91 Å². The van der Waals surface area contributed by atoms with Crippen LogP contribution in [0.1, 0.15) is 26.7 Å². The molecule has 1 rings (SSSR count). The molecular formula is C12H23N3O4. The highest BCUT2D eigenvalue weighted by Crippen LogP contribution is 2.31. The van der Waals surface area contributed by atoms with E-state index in [2.05, 4.69) is 10.5 Å². The Bertz CT molecular complexity index is 349. The normalized spacial score (nSPS) is 20.1. The van der Waals surface area contributed by atoms with Gasteiger partial charge in [0.05, 0.1) is 5.60 Å². The number of carbonyl (C=O) groups excluding carboxylic acids is 1. The second kappa shape index (κ2) is 6.21. The van der Waals surface area contributed by atoms with Crippen LogP contribution in [0, 0.1) is 5.41 Å². The number of rotatable bonds is 5. The average Bonchev–Trinajstić information content (AvgIpc) is 2.44. The van der Waals surface area contributed by atoms with Crippen LogP contribution in [-0.2, 0) is 14.3 Å². The molecule has 0 aromatic heterocycles. The third-order valence-electron chi connectivity index (χ3n) is 3.61. The predicted molar refractivity (Wildman–Crippen MR) is 70.0 cm³/mol. The maximum absolute atomic E-state index is 12.4. The molecule has 0 bridgehead atoms. The lowest BCUT2D eigenvalue weighted by Gasteiger charge is -2.35. The summed E-state index contributed by atoms with van der Waals surface area (Å²) < 4.78 is 10.5. The zero-order valence-corrected chi connectivity index (χ0v) is 11.7. The number of nitrogens with one attached hydrogen (secondary N) is 1. The van der Waals surface area contributed by atoms with Gasteiger partial charge < -0.3 is 25.7 Å². The maximum Gasteiger partial charge on any atom is 0.234 e. The Morgan fingerprint density at radius 2 is 2.11 bits per heavy atom. The standard InChI is InChI=1S/C12H23N3O4/c1-11(2,18-3)8-14-10(16)12(9(13)15-17)4-6-19-7-5-12/h17H,4-8H2,1-3H3,(H2,13,15)(H,14,16). The number of oxime groups is 1. The van der Waals surface area contributed by atoms with E-state index < -0.39 is 11.0 Å². The fourth-order valence-electron chi connectivity index (χ4n) is 1.95. The van der Waals surface area contributed by atoms with E-state index >= 15 is 0 Å². The van der Waals surface area contributed by atoms with Crippen LogP contribution < -0.4 is 11.1 Å². The van der Waals surface area contributed by atoms with Gasteiger partial charge in [-0.3, -0.25) is 4.79 Å². The molecule has 1 heterocycles. The average molecular weight is 273 g/mol. The van der Waals surface area contributed by atoms with E-state index in [0.717, 1.165) is 0 Å². The largest absolute Gasteiger partial charge is 0.409 e. The van der Waals surface area contributed by atoms with Crippen molar-refractivity contribution in [2.45, 2.75) is 32.3 Å². The molecule has 0 radical (unpaired) electrons. The van der Waals surface area contributed by atoms with Gasteiger partial charge in [0.15, 0.2) is 5.84 Å². The summed E-state index contributed by atoms with van der Waals surface area (Å²) in [6, 6.07) is 0. The molecule has 0 aromatic rings. The van der Waals surface area contributed by atoms with Crippen molar-refractivity contribution in [3.05, 3.63) is 0 Å². The molecule has 19 heavy (non-hydrogen) atoms. The predicted octanol–water partition coefficient (Wildman–Crippen LogP) is 0.0708. The summed E-state index contributed by atoms with van der Waals surface area (Å²) >= 11 is 0. The van der Waals surface area contributed by atoms with Crippen LogP contribution in [0.2, 0.25) is 0 Å². The zero-order valence-electron chi connectivity index (χ0n) is 11.7. The van der Waals surface area contributed by atoms with Crippen molar-refractivity contribution < 1.29 is 19.5 Å². The lowest BCUT2D eigenvalue weighted by Crippen LogP contribution is -2.54. The van der Waals surface area contributed by atoms with Crippen LogP contribution in [0.25, 0.3) is 0 Å². The van der Waals surface area contributed by atoms with Gasteiger partial charge in [0.25, 0.3) is 0 Å². The van der Waals surface area contributed by atoms with Crippen LogP contribution in [0.15, 0.2) is 5.16 Å². The Kier molecular flexibility index (Phi) is 5.13. The highest BCUT2D eigenvalue weighted by molar-refractivity contribution is 6.06. The fourth-order valence-corrected chi connectivity index (χ4v) is 1.95. The van der Waals surface area contributed by atoms with Crippen LogP contribution in [-0.4, -0.2) is 49.4 Å². The van der Waals surface area contributed by atoms with E-state index in [4.69, 9.17) is 20.4 Å². The van der Waals surface area contributed by atoms with Crippen molar-refractivity contribution in [2.75, 3.05) is 26.9 Å². The molecular weight excluding hydrogens is 250 g/mol. The molecule has 1 saturated heterocycles. The minimum absolute atomic E-state index is 0.0662. The molecule has 1 amide bonds. The van der Waals surface area contributed by atoms with E-state index in [0.29, 0.717) is 32.6 Å². The minimum Gasteiger partial charge on any atom is -0.409 e. The number of methoxy groups -OCH3 is 1. The van der Waals surface area contributed by atoms with Crippen molar-refractivity contribution in [3.8, 4) is 0 Å². The zero-order chi connectivity index (χ0) is 14.5. The molecule has 1 aliphatic rings. The maximum atomic E-state index is 12.4. The first-order chi connectivity index (χ1) is 8.88. The van der Waals surface area contributed by atoms with Crippen molar-refractivity contribution in [3.63, 3.8) is 0 Å². The number of hydrogen-bond acceptors (Lipinski definition) is 5. The van der Waals surface area contributed by atoms with Crippen molar-refractivity contribution in [1.29, 1.82) is 0 Å². The highest BCUT2D eigenvalue weighted by Gasteiger charge is 2.44. The van der Waals surface area contributed by atoms with Crippen molar-refractivity contribution in [1.82, 2.24) is 5.32 Å². The Morgan fingerprint density at radius 1 is 1.53 bits per heavy atom. The van der Waals surface area contributed by atoms with Crippen molar-refractivity contribution in [2.24, 2.45) is 16.3 Å². The number of nitrogens with two attached hydrogens (primary N) is 1. The van der Waals surface area contributed by atoms with Gasteiger partial charge in [-0.15, -0.1) is 0 Å². The van der Waals surface area contributed by atoms with Crippen LogP contribution in [0.3, 0.4) is 0 Å². The molecule has 0 aromatic carbocycles. The molecule has 1 aliphatic heterocycles. The van der Waals surface area contributed by atoms with Crippen LogP contribution in [0.5, 0.6) is 0 Å². The van der Waals surface area contributed by atoms with Crippen LogP contribution >= 0.6 is 0 Å². The van der Waals surface area contributed by atoms with E-state index in [-0.39, 0.29) is 11.7 Å². The molecule has 0 unspecified atom stereocenters. The fraction of sp³-hybridized carbons (Fsp3) is 0.833. The first kappa shape index (κ1) is 15.7. The summed E-state index contributed by atoms with van der Waals surface area (Å²) in [6.07, 6.45) is 0.810. The molecule has 0 atom stereocenters. The molecule has 7 nitrogen and oxygen atoms in total. The number of nitrogens with zero attached hydrogens (tertiary/aromatic N) is 1. The molecule has 1 fully saturated rings. The van der Waals surface area contributed by atoms with Gasteiger partial charge in [-0.2, -0.15) is 0 Å². The Hall–Kier alpha value is -1.34. The summed E-state index contributed by atoms with van der Waals surface area (Å²) in [6.45, 7) is 4.92. The number of hydrogen-bond donors (Lipinski definition) is 3. The topological polar surface area (TPSA) is 106 Å². The van der Waals surface area contributed by atoms with E-state index in [1.165, 1.54) is 0 Å². The first-order valence-electron chi connectivity index (χ1n) is 6.27. The van der Waals surface area contributed by atoms with E-state index in [9.17, 15) is 4.79 Å². The first-order valence-corrected chi connectivity index (χ1v) is 6.27. The van der Waals surface area contributed by atoms with Gasteiger partial charge in [-0.05, 0) is 26.7 Å². The molecule has 0 aliphatic carbocycles. The Labute approximate surface area is 113 Å². The second-order valence-electron chi connectivity index (χ2n) is 5.33. The number of ether oxygens (including phenoxy) is 2. The smallest absolute Gasteiger partial charge is 0.234 e. The summed E-state index contributed by atoms with van der Waals surface area (Å²) in [5.41, 5.74) is 4.25. The summed E-state index contributed by atoms with van der Waals surface area (Å²) in [7, 11) is 1.58. The number of carbonyl (C=O) groups is 1. The van der Waals surface area contributed by atoms with Gasteiger partial charge in [-0.1, -0.05) is 5.16 Å². The summed E-state index contributed by atoms with van der Waals surface area (Å²) in [5.74, 6) is -0.320. The molecule has 0 saturated carbocycles. The molecule has 110 valence electrons. The van der Waals surface area contributed by atoms with Crippen molar-refractivity contribution >= 4 is 11.7 Å². The SMILES string of the molecule is COC(C)(C)CNC(=O)C1(C(N)=NO)CCOCC1. The molecule has 4 N–H and O–H groups in total. The Balaban J connectivity index is 2.79. The quantitative estimate of drug-likeness (QED) is 0.284. The van der Waals surface area contributed by atoms with E-state index in [1.807, 2.05) is 13.8 Å². The van der Waals surface area contributed by atoms with Gasteiger partial charge in [0, 0.05) is 26.9 Å². The lowest BCUT2D eigenvalue weighted by molar-refractivity contribution is -0.132. The lowest BCUT2D eigenvalue weighted by atomic mass is 9.78. The second-order valence-corrected chi connectivity index (χ2v) is 5.33. The van der Waals surface area contributed by atoms with E-state index in [1.54, 1.807) is 7.11 Å². The van der Waals surface area contributed by atoms with Gasteiger partial charge in [0.1, 0.15) is 5.41 Å². The number of amides is 1.